The third kappa shape index (κ3) is 4.90. The van der Waals surface area contributed by atoms with E-state index in [0.29, 0.717) is 5.69 Å². The molecule has 7 heteroatoms. The van der Waals surface area contributed by atoms with Crippen LogP contribution in [0.3, 0.4) is 0 Å². The number of hydrogen-bond acceptors (Lipinski definition) is 4. The van der Waals surface area contributed by atoms with E-state index in [1.807, 2.05) is 52.0 Å². The van der Waals surface area contributed by atoms with Crippen molar-refractivity contribution in [3.63, 3.8) is 0 Å². The first kappa shape index (κ1) is 22.0. The first-order valence-corrected chi connectivity index (χ1v) is 10.6. The summed E-state index contributed by atoms with van der Waals surface area (Å²) >= 11 is 3.45. The quantitative estimate of drug-likeness (QED) is 0.660. The lowest BCUT2D eigenvalue weighted by Crippen LogP contribution is -2.28. The molecule has 158 valence electrons. The standard InChI is InChI=1S/C23H25BrN2O4/c1-13-7-14(2)9-18(8-13)26-11-17(10-22(26)28)23(29)30-12-21(27)25-20-6-5-19(24)15(3)16(20)4/h5-9,17H,10-12H2,1-4H3,(H,25,27)/t17-/m0/s1. The lowest BCUT2D eigenvalue weighted by molar-refractivity contribution is -0.151. The minimum absolute atomic E-state index is 0.0818. The van der Waals surface area contributed by atoms with Crippen LogP contribution in [0.5, 0.6) is 0 Å². The molecule has 1 fully saturated rings. The number of hydrogen-bond donors (Lipinski definition) is 1. The summed E-state index contributed by atoms with van der Waals surface area (Å²) in [6, 6.07) is 9.53. The Morgan fingerprint density at radius 1 is 1.10 bits per heavy atom. The van der Waals surface area contributed by atoms with Gasteiger partial charge in [0.1, 0.15) is 0 Å². The molecule has 6 nitrogen and oxygen atoms in total. The van der Waals surface area contributed by atoms with Crippen molar-refractivity contribution in [1.82, 2.24) is 0 Å². The Bertz CT molecular complexity index is 998. The van der Waals surface area contributed by atoms with E-state index in [2.05, 4.69) is 21.2 Å². The summed E-state index contributed by atoms with van der Waals surface area (Å²) in [5, 5.41) is 2.77. The number of carbonyl (C=O) groups excluding carboxylic acids is 3. The fraction of sp³-hybridized carbons (Fsp3) is 0.348. The molecule has 1 atom stereocenters. The average molecular weight is 473 g/mol. The Balaban J connectivity index is 1.57. The van der Waals surface area contributed by atoms with Crippen LogP contribution in [0.1, 0.15) is 28.7 Å². The lowest BCUT2D eigenvalue weighted by atomic mass is 10.1. The number of anilines is 2. The first-order chi connectivity index (χ1) is 14.2. The zero-order valence-electron chi connectivity index (χ0n) is 17.5. The highest BCUT2D eigenvalue weighted by Gasteiger charge is 2.36. The van der Waals surface area contributed by atoms with Gasteiger partial charge in [-0.1, -0.05) is 22.0 Å². The van der Waals surface area contributed by atoms with E-state index >= 15 is 0 Å². The molecule has 2 aromatic carbocycles. The zero-order valence-corrected chi connectivity index (χ0v) is 19.1. The summed E-state index contributed by atoms with van der Waals surface area (Å²) in [7, 11) is 0. The molecular weight excluding hydrogens is 448 g/mol. The van der Waals surface area contributed by atoms with E-state index in [0.717, 1.165) is 32.4 Å². The second-order valence-corrected chi connectivity index (χ2v) is 8.61. The van der Waals surface area contributed by atoms with Gasteiger partial charge in [-0.3, -0.25) is 14.4 Å². The maximum atomic E-state index is 12.4. The third-order valence-corrected chi connectivity index (χ3v) is 6.18. The van der Waals surface area contributed by atoms with Gasteiger partial charge in [0.25, 0.3) is 5.91 Å². The number of aryl methyl sites for hydroxylation is 2. The maximum absolute atomic E-state index is 12.4. The normalized spacial score (nSPS) is 16.0. The summed E-state index contributed by atoms with van der Waals surface area (Å²) < 4.78 is 6.16. The molecule has 1 saturated heterocycles. The van der Waals surface area contributed by atoms with Crippen LogP contribution in [0.15, 0.2) is 34.8 Å². The molecule has 0 radical (unpaired) electrons. The Hall–Kier alpha value is -2.67. The van der Waals surface area contributed by atoms with Gasteiger partial charge in [0.05, 0.1) is 5.92 Å². The van der Waals surface area contributed by atoms with Crippen molar-refractivity contribution in [2.24, 2.45) is 5.92 Å². The molecule has 1 aliphatic rings. The van der Waals surface area contributed by atoms with Gasteiger partial charge in [-0.15, -0.1) is 0 Å². The van der Waals surface area contributed by atoms with Gasteiger partial charge < -0.3 is 15.0 Å². The van der Waals surface area contributed by atoms with E-state index in [4.69, 9.17) is 4.74 Å². The molecule has 3 rings (SSSR count). The second-order valence-electron chi connectivity index (χ2n) is 7.75. The van der Waals surface area contributed by atoms with Crippen molar-refractivity contribution >= 4 is 45.1 Å². The highest BCUT2D eigenvalue weighted by molar-refractivity contribution is 9.10. The van der Waals surface area contributed by atoms with Crippen LogP contribution < -0.4 is 10.2 Å². The number of benzene rings is 2. The van der Waals surface area contributed by atoms with E-state index in [1.54, 1.807) is 11.0 Å². The predicted molar refractivity (Wildman–Crippen MR) is 120 cm³/mol. The maximum Gasteiger partial charge on any atom is 0.311 e. The molecule has 0 bridgehead atoms. The second kappa shape index (κ2) is 9.00. The predicted octanol–water partition coefficient (Wildman–Crippen LogP) is 4.22. The van der Waals surface area contributed by atoms with Gasteiger partial charge in [0.2, 0.25) is 5.91 Å². The van der Waals surface area contributed by atoms with Crippen LogP contribution in [0.25, 0.3) is 0 Å². The van der Waals surface area contributed by atoms with Gasteiger partial charge in [-0.2, -0.15) is 0 Å². The summed E-state index contributed by atoms with van der Waals surface area (Å²) in [6.07, 6.45) is 0.0818. The van der Waals surface area contributed by atoms with E-state index < -0.39 is 17.8 Å². The number of halogens is 1. The van der Waals surface area contributed by atoms with Gasteiger partial charge in [-0.25, -0.2) is 0 Å². The van der Waals surface area contributed by atoms with Crippen molar-refractivity contribution in [3.05, 3.63) is 57.1 Å². The minimum Gasteiger partial charge on any atom is -0.455 e. The molecule has 2 amide bonds. The molecular formula is C23H25BrN2O4. The summed E-state index contributed by atoms with van der Waals surface area (Å²) in [6.45, 7) is 7.67. The number of ether oxygens (including phenoxy) is 1. The van der Waals surface area contributed by atoms with Crippen molar-refractivity contribution in [3.8, 4) is 0 Å². The number of nitrogens with one attached hydrogen (secondary N) is 1. The van der Waals surface area contributed by atoms with Crippen molar-refractivity contribution in [1.29, 1.82) is 0 Å². The van der Waals surface area contributed by atoms with Crippen LogP contribution in [0.4, 0.5) is 11.4 Å². The molecule has 0 unspecified atom stereocenters. The van der Waals surface area contributed by atoms with Gasteiger partial charge in [0, 0.05) is 28.8 Å². The van der Waals surface area contributed by atoms with E-state index in [1.165, 1.54) is 0 Å². The van der Waals surface area contributed by atoms with E-state index in [9.17, 15) is 14.4 Å². The van der Waals surface area contributed by atoms with Gasteiger partial charge in [0.15, 0.2) is 6.61 Å². The molecule has 0 aliphatic carbocycles. The summed E-state index contributed by atoms with van der Waals surface area (Å²) in [5.41, 5.74) is 5.54. The summed E-state index contributed by atoms with van der Waals surface area (Å²) in [4.78, 5) is 38.7. The number of carbonyl (C=O) groups is 3. The number of rotatable bonds is 5. The number of nitrogens with zero attached hydrogens (tertiary/aromatic N) is 1. The molecule has 0 aromatic heterocycles. The van der Waals surface area contributed by atoms with Crippen LogP contribution >= 0.6 is 15.9 Å². The number of esters is 1. The van der Waals surface area contributed by atoms with Gasteiger partial charge >= 0.3 is 5.97 Å². The first-order valence-electron chi connectivity index (χ1n) is 9.76. The third-order valence-electron chi connectivity index (χ3n) is 5.32. The Morgan fingerprint density at radius 2 is 1.77 bits per heavy atom. The Kier molecular flexibility index (Phi) is 6.61. The molecule has 0 saturated carbocycles. The minimum atomic E-state index is -0.581. The average Bonchev–Trinajstić information content (AvgIpc) is 3.07. The smallest absolute Gasteiger partial charge is 0.311 e. The molecule has 1 heterocycles. The number of amides is 2. The SMILES string of the molecule is Cc1cc(C)cc(N2C[C@@H](C(=O)OCC(=O)Nc3ccc(Br)c(C)c3C)CC2=O)c1. The van der Waals surface area contributed by atoms with Crippen molar-refractivity contribution in [2.45, 2.75) is 34.1 Å². The highest BCUT2D eigenvalue weighted by Crippen LogP contribution is 2.28. The van der Waals surface area contributed by atoms with Crippen LogP contribution in [-0.4, -0.2) is 30.9 Å². The molecule has 1 N–H and O–H groups in total. The fourth-order valence-electron chi connectivity index (χ4n) is 3.59. The van der Waals surface area contributed by atoms with E-state index in [-0.39, 0.29) is 25.5 Å². The topological polar surface area (TPSA) is 75.7 Å². The molecule has 30 heavy (non-hydrogen) atoms. The van der Waals surface area contributed by atoms with Crippen LogP contribution in [0, 0.1) is 33.6 Å². The summed E-state index contributed by atoms with van der Waals surface area (Å²) in [5.74, 6) is -1.65. The largest absolute Gasteiger partial charge is 0.455 e. The molecule has 1 aliphatic heterocycles. The van der Waals surface area contributed by atoms with Gasteiger partial charge in [-0.05, 0) is 74.2 Å². The molecule has 0 spiro atoms. The van der Waals surface area contributed by atoms with Crippen LogP contribution in [0.2, 0.25) is 0 Å². The van der Waals surface area contributed by atoms with Crippen LogP contribution in [-0.2, 0) is 19.1 Å². The van der Waals surface area contributed by atoms with Crippen molar-refractivity contribution < 1.29 is 19.1 Å². The highest BCUT2D eigenvalue weighted by atomic mass is 79.9. The lowest BCUT2D eigenvalue weighted by Gasteiger charge is -2.18. The monoisotopic (exact) mass is 472 g/mol. The van der Waals surface area contributed by atoms with Crippen molar-refractivity contribution in [2.75, 3.05) is 23.4 Å². The Morgan fingerprint density at radius 3 is 2.43 bits per heavy atom. The molecule has 2 aromatic rings. The Labute approximate surface area is 184 Å². The zero-order chi connectivity index (χ0) is 22.0. The fourth-order valence-corrected chi connectivity index (χ4v) is 4.01.